The van der Waals surface area contributed by atoms with Gasteiger partial charge in [0, 0.05) is 36.7 Å². The van der Waals surface area contributed by atoms with Crippen LogP contribution >= 0.6 is 23.2 Å². The van der Waals surface area contributed by atoms with Gasteiger partial charge in [-0.2, -0.15) is 0 Å². The summed E-state index contributed by atoms with van der Waals surface area (Å²) in [6.07, 6.45) is 4.27. The van der Waals surface area contributed by atoms with Crippen LogP contribution in [-0.2, 0) is 11.2 Å². The Morgan fingerprint density at radius 2 is 2.03 bits per heavy atom. The van der Waals surface area contributed by atoms with E-state index in [-0.39, 0.29) is 17.6 Å². The van der Waals surface area contributed by atoms with Gasteiger partial charge in [0.15, 0.2) is 0 Å². The Morgan fingerprint density at radius 3 is 2.82 bits per heavy atom. The number of H-pyrrole nitrogens is 1. The van der Waals surface area contributed by atoms with Crippen molar-refractivity contribution in [1.82, 2.24) is 15.0 Å². The third kappa shape index (κ3) is 4.29. The summed E-state index contributed by atoms with van der Waals surface area (Å²) in [5.74, 6) is 3.20. The highest BCUT2D eigenvalue weighted by Crippen LogP contribution is 2.56. The molecule has 0 bridgehead atoms. The van der Waals surface area contributed by atoms with Crippen molar-refractivity contribution in [2.75, 3.05) is 12.4 Å². The molecule has 1 unspecified atom stereocenters. The molecule has 0 saturated heterocycles. The number of imidazole rings is 1. The Hall–Kier alpha value is -3.29. The van der Waals surface area contributed by atoms with E-state index >= 15 is 0 Å². The number of hydrogen-bond acceptors (Lipinski definition) is 6. The van der Waals surface area contributed by atoms with Gasteiger partial charge < -0.3 is 24.9 Å². The number of carbonyl (C=O) groups is 1. The molecule has 2 heterocycles. The van der Waals surface area contributed by atoms with E-state index < -0.39 is 0 Å². The highest BCUT2D eigenvalue weighted by Gasteiger charge is 2.43. The summed E-state index contributed by atoms with van der Waals surface area (Å²) in [7, 11) is 1.78. The standard InChI is InChI=1S/C25H22Cl2N4O3/c1-28-24-14(3-2-8-32)23(6-7-29-24)34-13-4-5-22(33)16(9-13)15-10-17(15)25-30-20-11-18(26)19(27)12-21(20)31-25/h4-9,11-12,15,17,33H,2-3,10H2,1H3,(H,28,29)(H,30,31)/t15-,17?/m1/s1. The fourth-order valence-corrected chi connectivity index (χ4v) is 4.61. The summed E-state index contributed by atoms with van der Waals surface area (Å²) in [5, 5.41) is 14.6. The number of aldehydes is 1. The Bertz CT molecular complexity index is 1350. The molecule has 2 atom stereocenters. The van der Waals surface area contributed by atoms with Gasteiger partial charge in [0.25, 0.3) is 0 Å². The van der Waals surface area contributed by atoms with E-state index in [1.807, 2.05) is 6.07 Å². The van der Waals surface area contributed by atoms with Crippen molar-refractivity contribution >= 4 is 46.3 Å². The number of benzene rings is 2. The maximum absolute atomic E-state index is 10.9. The number of nitrogens with zero attached hydrogens (tertiary/aromatic N) is 2. The zero-order valence-corrected chi connectivity index (χ0v) is 19.8. The van der Waals surface area contributed by atoms with Crippen LogP contribution in [0.5, 0.6) is 17.2 Å². The first-order chi connectivity index (χ1) is 16.5. The number of fused-ring (bicyclic) bond motifs is 1. The van der Waals surface area contributed by atoms with Crippen molar-refractivity contribution in [3.05, 3.63) is 69.6 Å². The lowest BCUT2D eigenvalue weighted by Crippen LogP contribution is -2.02. The number of phenolic OH excluding ortho intramolecular Hbond substituents is 1. The first kappa shape index (κ1) is 22.5. The predicted octanol–water partition coefficient (Wildman–Crippen LogP) is 6.21. The zero-order valence-electron chi connectivity index (χ0n) is 18.3. The number of anilines is 1. The Balaban J connectivity index is 1.40. The first-order valence-electron chi connectivity index (χ1n) is 10.9. The minimum Gasteiger partial charge on any atom is -0.508 e. The molecule has 9 heteroatoms. The van der Waals surface area contributed by atoms with E-state index in [4.69, 9.17) is 27.9 Å². The predicted molar refractivity (Wildman–Crippen MR) is 133 cm³/mol. The number of aromatic hydroxyl groups is 1. The molecule has 34 heavy (non-hydrogen) atoms. The zero-order chi connectivity index (χ0) is 23.8. The first-order valence-corrected chi connectivity index (χ1v) is 11.7. The van der Waals surface area contributed by atoms with Crippen LogP contribution in [0.4, 0.5) is 5.82 Å². The van der Waals surface area contributed by atoms with Gasteiger partial charge >= 0.3 is 0 Å². The number of ether oxygens (including phenoxy) is 1. The summed E-state index contributed by atoms with van der Waals surface area (Å²) in [5.41, 5.74) is 3.22. The molecule has 0 radical (unpaired) electrons. The van der Waals surface area contributed by atoms with Crippen LogP contribution in [0.3, 0.4) is 0 Å². The van der Waals surface area contributed by atoms with Crippen molar-refractivity contribution < 1.29 is 14.6 Å². The SMILES string of the molecule is CNc1nccc(Oc2ccc(O)c([C@H]3CC3c3nc4cc(Cl)c(Cl)cc4[nH]3)c2)c1CCC=O. The highest BCUT2D eigenvalue weighted by atomic mass is 35.5. The van der Waals surface area contributed by atoms with Gasteiger partial charge in [0.05, 0.1) is 21.1 Å². The van der Waals surface area contributed by atoms with Gasteiger partial charge in [-0.25, -0.2) is 9.97 Å². The number of aromatic nitrogens is 3. The third-order valence-electron chi connectivity index (χ3n) is 6.07. The maximum Gasteiger partial charge on any atom is 0.135 e. The van der Waals surface area contributed by atoms with Crippen molar-refractivity contribution in [1.29, 1.82) is 0 Å². The van der Waals surface area contributed by atoms with E-state index in [1.165, 1.54) is 0 Å². The van der Waals surface area contributed by atoms with Crippen molar-refractivity contribution in [3.8, 4) is 17.2 Å². The van der Waals surface area contributed by atoms with Crippen molar-refractivity contribution in [2.45, 2.75) is 31.1 Å². The van der Waals surface area contributed by atoms with Gasteiger partial charge in [-0.1, -0.05) is 23.2 Å². The molecule has 2 aromatic carbocycles. The molecule has 5 rings (SSSR count). The number of aromatic amines is 1. The molecule has 3 N–H and O–H groups in total. The van der Waals surface area contributed by atoms with Crippen molar-refractivity contribution in [3.63, 3.8) is 0 Å². The fourth-order valence-electron chi connectivity index (χ4n) is 4.29. The van der Waals surface area contributed by atoms with Gasteiger partial charge in [0.1, 0.15) is 35.2 Å². The number of hydrogen-bond donors (Lipinski definition) is 3. The van der Waals surface area contributed by atoms with Crippen molar-refractivity contribution in [2.24, 2.45) is 0 Å². The monoisotopic (exact) mass is 496 g/mol. The third-order valence-corrected chi connectivity index (χ3v) is 6.79. The Labute approximate surface area is 206 Å². The summed E-state index contributed by atoms with van der Waals surface area (Å²) in [6, 6.07) is 10.5. The molecule has 0 aliphatic heterocycles. The minimum absolute atomic E-state index is 0.106. The van der Waals surface area contributed by atoms with E-state index in [1.54, 1.807) is 43.6 Å². The van der Waals surface area contributed by atoms with E-state index in [9.17, 15) is 9.90 Å². The molecular formula is C25H22Cl2N4O3. The summed E-state index contributed by atoms with van der Waals surface area (Å²) in [6.45, 7) is 0. The average Bonchev–Trinajstić information content (AvgIpc) is 3.53. The molecule has 0 amide bonds. The number of nitrogens with one attached hydrogen (secondary N) is 2. The maximum atomic E-state index is 10.9. The van der Waals surface area contributed by atoms with Gasteiger partial charge in [-0.3, -0.25) is 0 Å². The molecule has 1 aliphatic rings. The number of pyridine rings is 1. The van der Waals surface area contributed by atoms with E-state index in [0.717, 1.165) is 40.7 Å². The molecule has 1 saturated carbocycles. The number of carbonyl (C=O) groups excluding carboxylic acids is 1. The lowest BCUT2D eigenvalue weighted by atomic mass is 10.1. The molecule has 0 spiro atoms. The number of phenols is 1. The van der Waals surface area contributed by atoms with E-state index in [0.29, 0.717) is 40.2 Å². The quantitative estimate of drug-likeness (QED) is 0.251. The lowest BCUT2D eigenvalue weighted by molar-refractivity contribution is -0.107. The van der Waals surface area contributed by atoms with Crippen LogP contribution < -0.4 is 10.1 Å². The van der Waals surface area contributed by atoms with Gasteiger partial charge in [0.2, 0.25) is 0 Å². The highest BCUT2D eigenvalue weighted by molar-refractivity contribution is 6.42. The van der Waals surface area contributed by atoms with Crippen LogP contribution in [0.1, 0.15) is 41.6 Å². The molecular weight excluding hydrogens is 475 g/mol. The summed E-state index contributed by atoms with van der Waals surface area (Å²) in [4.78, 5) is 23.2. The van der Waals surface area contributed by atoms with Crippen LogP contribution in [0.15, 0.2) is 42.6 Å². The normalized spacial score (nSPS) is 17.0. The molecule has 174 valence electrons. The Morgan fingerprint density at radius 1 is 1.21 bits per heavy atom. The molecule has 7 nitrogen and oxygen atoms in total. The van der Waals surface area contributed by atoms with Gasteiger partial charge in [-0.05, 0) is 55.2 Å². The van der Waals surface area contributed by atoms with Crippen LogP contribution in [0.25, 0.3) is 11.0 Å². The summed E-state index contributed by atoms with van der Waals surface area (Å²) < 4.78 is 6.18. The molecule has 4 aromatic rings. The minimum atomic E-state index is 0.106. The number of rotatable bonds is 8. The fraction of sp³-hybridized carbons (Fsp3) is 0.240. The molecule has 1 aliphatic carbocycles. The van der Waals surface area contributed by atoms with E-state index in [2.05, 4.69) is 20.3 Å². The van der Waals surface area contributed by atoms with Crippen LogP contribution in [0, 0.1) is 0 Å². The second-order valence-corrected chi connectivity index (χ2v) is 9.08. The average molecular weight is 497 g/mol. The largest absolute Gasteiger partial charge is 0.508 e. The van der Waals surface area contributed by atoms with Crippen LogP contribution in [-0.4, -0.2) is 33.4 Å². The van der Waals surface area contributed by atoms with Gasteiger partial charge in [-0.15, -0.1) is 0 Å². The number of halogens is 2. The second-order valence-electron chi connectivity index (χ2n) is 8.27. The molecule has 1 fully saturated rings. The smallest absolute Gasteiger partial charge is 0.135 e. The lowest BCUT2D eigenvalue weighted by Gasteiger charge is -2.15. The summed E-state index contributed by atoms with van der Waals surface area (Å²) >= 11 is 12.2. The van der Waals surface area contributed by atoms with Crippen LogP contribution in [0.2, 0.25) is 10.0 Å². The molecule has 2 aromatic heterocycles. The Kier molecular flexibility index (Phi) is 6.06. The second kappa shape index (κ2) is 9.16. The topological polar surface area (TPSA) is 100 Å².